The molecule has 0 radical (unpaired) electrons. The Hall–Kier alpha value is -2.12. The summed E-state index contributed by atoms with van der Waals surface area (Å²) >= 11 is 1.36. The molecule has 0 spiro atoms. The molecule has 0 saturated heterocycles. The normalized spacial score (nSPS) is 11.1. The molecule has 0 aliphatic heterocycles. The standard InChI is InChI=1S/C14H13N3O3S/c1-8-2-3-10-9(5-13(18)19-11(10)4-8)7-21-14-17-16-12(6-15)20-14/h2-5H,6-7,15H2,1H3. The monoisotopic (exact) mass is 303 g/mol. The second-order valence-electron chi connectivity index (χ2n) is 4.54. The molecule has 2 heterocycles. The number of hydrogen-bond donors (Lipinski definition) is 1. The Bertz CT molecular complexity index is 841. The van der Waals surface area contributed by atoms with Gasteiger partial charge >= 0.3 is 5.63 Å². The van der Waals surface area contributed by atoms with Crippen molar-refractivity contribution in [3.05, 3.63) is 51.7 Å². The summed E-state index contributed by atoms with van der Waals surface area (Å²) in [6.07, 6.45) is 0. The van der Waals surface area contributed by atoms with E-state index in [9.17, 15) is 4.79 Å². The Balaban J connectivity index is 1.91. The maximum Gasteiger partial charge on any atom is 0.336 e. The SMILES string of the molecule is Cc1ccc2c(CSc3nnc(CN)o3)cc(=O)oc2c1. The summed E-state index contributed by atoms with van der Waals surface area (Å²) in [5.74, 6) is 0.933. The molecule has 0 unspecified atom stereocenters. The zero-order valence-electron chi connectivity index (χ0n) is 11.3. The zero-order chi connectivity index (χ0) is 14.8. The summed E-state index contributed by atoms with van der Waals surface area (Å²) in [5, 5.41) is 9.02. The van der Waals surface area contributed by atoms with Crippen molar-refractivity contribution in [3.8, 4) is 0 Å². The number of fused-ring (bicyclic) bond motifs is 1. The Kier molecular flexibility index (Phi) is 3.76. The number of aromatic nitrogens is 2. The number of nitrogens with two attached hydrogens (primary N) is 1. The molecular weight excluding hydrogens is 290 g/mol. The highest BCUT2D eigenvalue weighted by Crippen LogP contribution is 2.26. The van der Waals surface area contributed by atoms with Gasteiger partial charge in [-0.3, -0.25) is 0 Å². The Morgan fingerprint density at radius 3 is 2.86 bits per heavy atom. The molecule has 7 heteroatoms. The summed E-state index contributed by atoms with van der Waals surface area (Å²) in [5.41, 5.74) is 7.56. The summed E-state index contributed by atoms with van der Waals surface area (Å²) in [6.45, 7) is 2.17. The molecule has 0 aliphatic carbocycles. The second kappa shape index (κ2) is 5.71. The van der Waals surface area contributed by atoms with Crippen molar-refractivity contribution in [1.29, 1.82) is 0 Å². The number of hydrogen-bond acceptors (Lipinski definition) is 7. The van der Waals surface area contributed by atoms with Crippen LogP contribution in [0.25, 0.3) is 11.0 Å². The molecule has 0 bridgehead atoms. The van der Waals surface area contributed by atoms with Gasteiger partial charge in [-0.05, 0) is 24.1 Å². The first-order valence-corrected chi connectivity index (χ1v) is 7.33. The lowest BCUT2D eigenvalue weighted by molar-refractivity contribution is 0.415. The summed E-state index contributed by atoms with van der Waals surface area (Å²) < 4.78 is 10.6. The van der Waals surface area contributed by atoms with E-state index in [0.717, 1.165) is 16.5 Å². The van der Waals surface area contributed by atoms with Gasteiger partial charge in [-0.15, -0.1) is 10.2 Å². The molecule has 2 aromatic heterocycles. The van der Waals surface area contributed by atoms with E-state index in [1.807, 2.05) is 25.1 Å². The van der Waals surface area contributed by atoms with Gasteiger partial charge in [-0.2, -0.15) is 0 Å². The summed E-state index contributed by atoms with van der Waals surface area (Å²) in [6, 6.07) is 7.27. The number of aryl methyl sites for hydroxylation is 1. The highest BCUT2D eigenvalue weighted by molar-refractivity contribution is 7.98. The third-order valence-corrected chi connectivity index (χ3v) is 3.83. The lowest BCUT2D eigenvalue weighted by Gasteiger charge is -2.04. The Labute approximate surface area is 124 Å². The van der Waals surface area contributed by atoms with Crippen molar-refractivity contribution in [1.82, 2.24) is 10.2 Å². The number of nitrogens with zero attached hydrogens (tertiary/aromatic N) is 2. The lowest BCUT2D eigenvalue weighted by atomic mass is 10.1. The Morgan fingerprint density at radius 2 is 2.10 bits per heavy atom. The van der Waals surface area contributed by atoms with Crippen LogP contribution in [-0.2, 0) is 12.3 Å². The molecular formula is C14H13N3O3S. The maximum atomic E-state index is 11.6. The number of rotatable bonds is 4. The van der Waals surface area contributed by atoms with E-state index in [1.54, 1.807) is 0 Å². The predicted octanol–water partition coefficient (Wildman–Crippen LogP) is 2.24. The van der Waals surface area contributed by atoms with Crippen LogP contribution in [0.5, 0.6) is 0 Å². The summed E-state index contributed by atoms with van der Waals surface area (Å²) in [4.78, 5) is 11.6. The fraction of sp³-hybridized carbons (Fsp3) is 0.214. The highest BCUT2D eigenvalue weighted by Gasteiger charge is 2.10. The van der Waals surface area contributed by atoms with Crippen LogP contribution in [0.1, 0.15) is 17.0 Å². The van der Waals surface area contributed by atoms with Crippen LogP contribution in [0, 0.1) is 6.92 Å². The van der Waals surface area contributed by atoms with Crippen LogP contribution in [0.4, 0.5) is 0 Å². The van der Waals surface area contributed by atoms with Crippen LogP contribution in [-0.4, -0.2) is 10.2 Å². The average Bonchev–Trinajstić information content (AvgIpc) is 2.92. The van der Waals surface area contributed by atoms with Crippen molar-refractivity contribution < 1.29 is 8.83 Å². The largest absolute Gasteiger partial charge is 0.423 e. The van der Waals surface area contributed by atoms with Crippen molar-refractivity contribution in [2.24, 2.45) is 5.73 Å². The molecule has 0 aliphatic rings. The van der Waals surface area contributed by atoms with Gasteiger partial charge in [0.25, 0.3) is 5.22 Å². The van der Waals surface area contributed by atoms with E-state index >= 15 is 0 Å². The van der Waals surface area contributed by atoms with Gasteiger partial charge in [0.05, 0.1) is 6.54 Å². The molecule has 0 saturated carbocycles. The lowest BCUT2D eigenvalue weighted by Crippen LogP contribution is -2.00. The quantitative estimate of drug-likeness (QED) is 0.583. The molecule has 0 amide bonds. The van der Waals surface area contributed by atoms with E-state index in [1.165, 1.54) is 17.8 Å². The third-order valence-electron chi connectivity index (χ3n) is 2.96. The van der Waals surface area contributed by atoms with Gasteiger partial charge in [-0.1, -0.05) is 23.9 Å². The van der Waals surface area contributed by atoms with E-state index < -0.39 is 0 Å². The molecule has 3 rings (SSSR count). The smallest absolute Gasteiger partial charge is 0.336 e. The van der Waals surface area contributed by atoms with Gasteiger partial charge in [0.1, 0.15) is 5.58 Å². The molecule has 2 N–H and O–H groups in total. The molecule has 3 aromatic rings. The topological polar surface area (TPSA) is 95.1 Å². The fourth-order valence-corrected chi connectivity index (χ4v) is 2.75. The first-order valence-electron chi connectivity index (χ1n) is 6.34. The molecule has 108 valence electrons. The molecule has 0 atom stereocenters. The van der Waals surface area contributed by atoms with Crippen molar-refractivity contribution >= 4 is 22.7 Å². The average molecular weight is 303 g/mol. The number of thioether (sulfide) groups is 1. The van der Waals surface area contributed by atoms with E-state index in [-0.39, 0.29) is 12.2 Å². The zero-order valence-corrected chi connectivity index (χ0v) is 12.1. The second-order valence-corrected chi connectivity index (χ2v) is 5.47. The molecule has 6 nitrogen and oxygen atoms in total. The van der Waals surface area contributed by atoms with Gasteiger partial charge in [0, 0.05) is 17.2 Å². The van der Waals surface area contributed by atoms with Crippen molar-refractivity contribution in [2.45, 2.75) is 24.4 Å². The minimum Gasteiger partial charge on any atom is -0.423 e. The molecule has 0 fully saturated rings. The predicted molar refractivity (Wildman–Crippen MR) is 79.0 cm³/mol. The van der Waals surface area contributed by atoms with Gasteiger partial charge < -0.3 is 14.6 Å². The Morgan fingerprint density at radius 1 is 1.24 bits per heavy atom. The molecule has 21 heavy (non-hydrogen) atoms. The maximum absolute atomic E-state index is 11.6. The van der Waals surface area contributed by atoms with E-state index in [4.69, 9.17) is 14.6 Å². The van der Waals surface area contributed by atoms with Crippen LogP contribution >= 0.6 is 11.8 Å². The van der Waals surface area contributed by atoms with Gasteiger partial charge in [0.15, 0.2) is 0 Å². The van der Waals surface area contributed by atoms with Crippen molar-refractivity contribution in [2.75, 3.05) is 0 Å². The van der Waals surface area contributed by atoms with Crippen LogP contribution in [0.3, 0.4) is 0 Å². The van der Waals surface area contributed by atoms with Crippen LogP contribution in [0.2, 0.25) is 0 Å². The minimum absolute atomic E-state index is 0.213. The van der Waals surface area contributed by atoms with Crippen molar-refractivity contribution in [3.63, 3.8) is 0 Å². The fourth-order valence-electron chi connectivity index (χ4n) is 1.98. The third kappa shape index (κ3) is 2.98. The highest BCUT2D eigenvalue weighted by atomic mass is 32.2. The molecule has 1 aromatic carbocycles. The first-order chi connectivity index (χ1) is 10.2. The van der Waals surface area contributed by atoms with E-state index in [0.29, 0.717) is 22.4 Å². The summed E-state index contributed by atoms with van der Waals surface area (Å²) in [7, 11) is 0. The first kappa shape index (κ1) is 13.8. The van der Waals surface area contributed by atoms with Crippen LogP contribution < -0.4 is 11.4 Å². The minimum atomic E-state index is -0.364. The van der Waals surface area contributed by atoms with E-state index in [2.05, 4.69) is 10.2 Å². The van der Waals surface area contributed by atoms with Gasteiger partial charge in [-0.25, -0.2) is 4.79 Å². The number of benzene rings is 1. The van der Waals surface area contributed by atoms with Crippen LogP contribution in [0.15, 0.2) is 43.1 Å². The van der Waals surface area contributed by atoms with Gasteiger partial charge in [0.2, 0.25) is 5.89 Å².